The third kappa shape index (κ3) is 13.9. The Morgan fingerprint density at radius 1 is 1.24 bits per heavy atom. The Kier molecular flexibility index (Phi) is 12.6. The van der Waals surface area contributed by atoms with E-state index < -0.39 is 9.84 Å². The minimum atomic E-state index is -2.85. The van der Waals surface area contributed by atoms with Crippen molar-refractivity contribution in [2.45, 2.75) is 26.7 Å². The maximum absolute atomic E-state index is 10.9. The van der Waals surface area contributed by atoms with Crippen LogP contribution in [0.5, 0.6) is 0 Å². The van der Waals surface area contributed by atoms with Crippen LogP contribution in [-0.2, 0) is 9.84 Å². The molecule has 0 aromatic carbocycles. The predicted octanol–water partition coefficient (Wildman–Crippen LogP) is 1.00. The molecule has 0 radical (unpaired) electrons. The Bertz CT molecular complexity index is 305. The lowest BCUT2D eigenvalue weighted by molar-refractivity contribution is 0.598. The summed E-state index contributed by atoms with van der Waals surface area (Å²) in [6.07, 6.45) is 2.86. The summed E-state index contributed by atoms with van der Waals surface area (Å²) in [5, 5.41) is 6.21. The first-order valence-corrected chi connectivity index (χ1v) is 7.75. The number of nitrogens with zero attached hydrogens (tertiary/aromatic N) is 1. The molecule has 0 aliphatic heterocycles. The molecule has 0 aromatic rings. The zero-order valence-electron chi connectivity index (χ0n) is 10.8. The van der Waals surface area contributed by atoms with Crippen LogP contribution in [0.2, 0.25) is 0 Å². The van der Waals surface area contributed by atoms with Gasteiger partial charge in [-0.05, 0) is 19.8 Å². The molecule has 7 heteroatoms. The first-order chi connectivity index (χ1) is 7.49. The zero-order valence-corrected chi connectivity index (χ0v) is 14.0. The second kappa shape index (κ2) is 11.1. The third-order valence-electron chi connectivity index (χ3n) is 1.82. The summed E-state index contributed by atoms with van der Waals surface area (Å²) in [4.78, 5) is 4.31. The summed E-state index contributed by atoms with van der Waals surface area (Å²) in [7, 11) is -2.85. The Balaban J connectivity index is 0. The molecule has 0 aromatic heterocycles. The number of guanidine groups is 1. The molecule has 0 bridgehead atoms. The first-order valence-electron chi connectivity index (χ1n) is 5.69. The second-order valence-corrected chi connectivity index (χ2v) is 5.93. The van der Waals surface area contributed by atoms with Crippen LogP contribution in [-0.4, -0.2) is 46.0 Å². The van der Waals surface area contributed by atoms with E-state index in [1.807, 2.05) is 6.92 Å². The van der Waals surface area contributed by atoms with Crippen LogP contribution in [0.4, 0.5) is 0 Å². The van der Waals surface area contributed by atoms with Crippen molar-refractivity contribution in [3.05, 3.63) is 0 Å². The van der Waals surface area contributed by atoms with Crippen molar-refractivity contribution in [2.24, 2.45) is 4.99 Å². The lowest BCUT2D eigenvalue weighted by Crippen LogP contribution is -2.38. The fourth-order valence-corrected chi connectivity index (χ4v) is 1.78. The average molecular weight is 377 g/mol. The Morgan fingerprint density at radius 3 is 2.35 bits per heavy atom. The van der Waals surface area contributed by atoms with Crippen molar-refractivity contribution < 1.29 is 8.42 Å². The third-order valence-corrected chi connectivity index (χ3v) is 2.85. The molecule has 0 aliphatic rings. The predicted molar refractivity (Wildman–Crippen MR) is 84.0 cm³/mol. The molecular weight excluding hydrogens is 353 g/mol. The van der Waals surface area contributed by atoms with E-state index in [1.165, 1.54) is 6.26 Å². The van der Waals surface area contributed by atoms with Gasteiger partial charge in [-0.15, -0.1) is 24.0 Å². The van der Waals surface area contributed by atoms with Gasteiger partial charge in [-0.1, -0.05) is 6.92 Å². The number of aliphatic imine (C=N–C) groups is 1. The molecule has 0 saturated heterocycles. The van der Waals surface area contributed by atoms with Crippen molar-refractivity contribution in [2.75, 3.05) is 31.6 Å². The van der Waals surface area contributed by atoms with E-state index in [-0.39, 0.29) is 29.7 Å². The molecular formula is C10H24IN3O2S. The number of hydrogen-bond acceptors (Lipinski definition) is 3. The first kappa shape index (κ1) is 19.3. The maximum Gasteiger partial charge on any atom is 0.191 e. The van der Waals surface area contributed by atoms with Gasteiger partial charge in [0, 0.05) is 25.9 Å². The summed E-state index contributed by atoms with van der Waals surface area (Å²) in [6, 6.07) is 0. The SMILES string of the molecule is CCCN=C(NCC)NCCCS(C)(=O)=O.I. The van der Waals surface area contributed by atoms with E-state index in [2.05, 4.69) is 22.5 Å². The summed E-state index contributed by atoms with van der Waals surface area (Å²) in [5.74, 6) is 0.977. The van der Waals surface area contributed by atoms with Crippen LogP contribution < -0.4 is 10.6 Å². The van der Waals surface area contributed by atoms with Gasteiger partial charge in [0.15, 0.2) is 5.96 Å². The molecule has 0 amide bonds. The van der Waals surface area contributed by atoms with Crippen LogP contribution in [0.25, 0.3) is 0 Å². The minimum Gasteiger partial charge on any atom is -0.357 e. The van der Waals surface area contributed by atoms with Crippen LogP contribution >= 0.6 is 24.0 Å². The van der Waals surface area contributed by atoms with Gasteiger partial charge in [0.25, 0.3) is 0 Å². The van der Waals surface area contributed by atoms with Gasteiger partial charge >= 0.3 is 0 Å². The van der Waals surface area contributed by atoms with Crippen LogP contribution in [0, 0.1) is 0 Å². The summed E-state index contributed by atoms with van der Waals surface area (Å²) >= 11 is 0. The molecule has 0 fully saturated rings. The van der Waals surface area contributed by atoms with Crippen LogP contribution in [0.15, 0.2) is 4.99 Å². The fraction of sp³-hybridized carbons (Fsp3) is 0.900. The quantitative estimate of drug-likeness (QED) is 0.301. The molecule has 0 unspecified atom stereocenters. The van der Waals surface area contributed by atoms with E-state index in [9.17, 15) is 8.42 Å². The van der Waals surface area contributed by atoms with Crippen molar-refractivity contribution in [1.29, 1.82) is 0 Å². The molecule has 17 heavy (non-hydrogen) atoms. The van der Waals surface area contributed by atoms with Crippen molar-refractivity contribution in [3.63, 3.8) is 0 Å². The van der Waals surface area contributed by atoms with E-state index in [4.69, 9.17) is 0 Å². The highest BCUT2D eigenvalue weighted by molar-refractivity contribution is 14.0. The van der Waals surface area contributed by atoms with E-state index in [0.717, 1.165) is 25.5 Å². The van der Waals surface area contributed by atoms with Gasteiger partial charge in [0.2, 0.25) is 0 Å². The molecule has 0 rings (SSSR count). The highest BCUT2D eigenvalue weighted by Crippen LogP contribution is 1.87. The largest absolute Gasteiger partial charge is 0.357 e. The molecule has 0 spiro atoms. The molecule has 0 saturated carbocycles. The summed E-state index contributed by atoms with van der Waals surface area (Å²) in [5.41, 5.74) is 0. The average Bonchev–Trinajstić information content (AvgIpc) is 2.19. The Morgan fingerprint density at radius 2 is 1.88 bits per heavy atom. The molecule has 104 valence electrons. The smallest absolute Gasteiger partial charge is 0.191 e. The number of halogens is 1. The van der Waals surface area contributed by atoms with Gasteiger partial charge in [-0.25, -0.2) is 8.42 Å². The monoisotopic (exact) mass is 377 g/mol. The Labute approximate surface area is 122 Å². The molecule has 0 heterocycles. The van der Waals surface area contributed by atoms with Gasteiger partial charge in [-0.3, -0.25) is 4.99 Å². The van der Waals surface area contributed by atoms with Crippen LogP contribution in [0.3, 0.4) is 0 Å². The Hall–Kier alpha value is -0.0500. The van der Waals surface area contributed by atoms with Gasteiger partial charge in [-0.2, -0.15) is 0 Å². The highest BCUT2D eigenvalue weighted by atomic mass is 127. The summed E-state index contributed by atoms with van der Waals surface area (Å²) < 4.78 is 21.8. The van der Waals surface area contributed by atoms with Crippen molar-refractivity contribution >= 4 is 39.8 Å². The van der Waals surface area contributed by atoms with Gasteiger partial charge in [0.1, 0.15) is 9.84 Å². The van der Waals surface area contributed by atoms with Gasteiger partial charge < -0.3 is 10.6 Å². The molecule has 0 atom stereocenters. The van der Waals surface area contributed by atoms with Crippen molar-refractivity contribution in [1.82, 2.24) is 10.6 Å². The molecule has 0 aliphatic carbocycles. The topological polar surface area (TPSA) is 70.6 Å². The molecule has 5 nitrogen and oxygen atoms in total. The fourth-order valence-electron chi connectivity index (χ4n) is 1.11. The number of rotatable bonds is 7. The maximum atomic E-state index is 10.9. The standard InChI is InChI=1S/C10H23N3O2S.HI/c1-4-7-12-10(11-5-2)13-8-6-9-16(3,14)15;/h4-9H2,1-3H3,(H2,11,12,13);1H. The molecule has 2 N–H and O–H groups in total. The van der Waals surface area contributed by atoms with E-state index in [1.54, 1.807) is 0 Å². The lowest BCUT2D eigenvalue weighted by atomic mass is 10.5. The lowest BCUT2D eigenvalue weighted by Gasteiger charge is -2.10. The number of sulfone groups is 1. The number of hydrogen-bond donors (Lipinski definition) is 2. The number of nitrogens with one attached hydrogen (secondary N) is 2. The van der Waals surface area contributed by atoms with Gasteiger partial charge in [0.05, 0.1) is 5.75 Å². The second-order valence-electron chi connectivity index (χ2n) is 3.67. The summed E-state index contributed by atoms with van der Waals surface area (Å²) in [6.45, 7) is 6.28. The highest BCUT2D eigenvalue weighted by Gasteiger charge is 2.01. The minimum absolute atomic E-state index is 0. The van der Waals surface area contributed by atoms with E-state index in [0.29, 0.717) is 13.0 Å². The zero-order chi connectivity index (χ0) is 12.4. The normalized spacial score (nSPS) is 11.8. The van der Waals surface area contributed by atoms with Crippen molar-refractivity contribution in [3.8, 4) is 0 Å². The van der Waals surface area contributed by atoms with Crippen LogP contribution in [0.1, 0.15) is 26.7 Å². The van der Waals surface area contributed by atoms with E-state index >= 15 is 0 Å².